The second kappa shape index (κ2) is 6.06. The Morgan fingerprint density at radius 1 is 1.25 bits per heavy atom. The van der Waals surface area contributed by atoms with Crippen LogP contribution in [0.3, 0.4) is 0 Å². The minimum atomic E-state index is -0.231. The van der Waals surface area contributed by atoms with Gasteiger partial charge in [-0.1, -0.05) is 44.2 Å². The van der Waals surface area contributed by atoms with E-state index < -0.39 is 0 Å². The number of hydrogen-bond donors (Lipinski definition) is 2. The molecule has 0 heterocycles. The molecule has 16 heavy (non-hydrogen) atoms. The Labute approximate surface area is 103 Å². The Kier molecular flexibility index (Phi) is 5.03. The summed E-state index contributed by atoms with van der Waals surface area (Å²) in [4.78, 5) is 11.6. The van der Waals surface area contributed by atoms with Crippen LogP contribution in [0.5, 0.6) is 0 Å². The monoisotopic (exact) mass is 237 g/mol. The van der Waals surface area contributed by atoms with Gasteiger partial charge in [-0.05, 0) is 12.5 Å². The van der Waals surface area contributed by atoms with E-state index in [4.69, 9.17) is 0 Å². The van der Waals surface area contributed by atoms with Gasteiger partial charge >= 0.3 is 0 Å². The van der Waals surface area contributed by atoms with Crippen LogP contribution in [0.1, 0.15) is 31.6 Å². The first-order chi connectivity index (χ1) is 7.52. The van der Waals surface area contributed by atoms with Crippen LogP contribution in [0, 0.1) is 0 Å². The highest BCUT2D eigenvalue weighted by Crippen LogP contribution is 2.24. The highest BCUT2D eigenvalue weighted by atomic mass is 32.1. The first-order valence-electron chi connectivity index (χ1n) is 5.52. The zero-order valence-corrected chi connectivity index (χ0v) is 10.9. The van der Waals surface area contributed by atoms with E-state index in [1.807, 2.05) is 44.2 Å². The molecule has 0 aliphatic carbocycles. The second-order valence-electron chi connectivity index (χ2n) is 4.27. The van der Waals surface area contributed by atoms with Crippen molar-refractivity contribution in [1.29, 1.82) is 0 Å². The standard InChI is InChI=1S/C13H19NOS/c1-9(2)14-12(10(3)15)13(16)11-7-5-4-6-8-11/h4-9,12-14,16H,1-3H3. The van der Waals surface area contributed by atoms with Gasteiger partial charge in [0, 0.05) is 11.3 Å². The van der Waals surface area contributed by atoms with Gasteiger partial charge in [-0.3, -0.25) is 4.79 Å². The smallest absolute Gasteiger partial charge is 0.148 e. The second-order valence-corrected chi connectivity index (χ2v) is 4.82. The molecule has 0 spiro atoms. The van der Waals surface area contributed by atoms with Crippen LogP contribution in [0.25, 0.3) is 0 Å². The van der Waals surface area contributed by atoms with Crippen molar-refractivity contribution in [3.63, 3.8) is 0 Å². The van der Waals surface area contributed by atoms with Crippen LogP contribution in [0.4, 0.5) is 0 Å². The molecule has 0 saturated heterocycles. The molecule has 88 valence electrons. The number of nitrogens with one attached hydrogen (secondary N) is 1. The normalized spacial score (nSPS) is 14.8. The zero-order chi connectivity index (χ0) is 12.1. The molecule has 0 saturated carbocycles. The lowest BCUT2D eigenvalue weighted by Gasteiger charge is -2.24. The fourth-order valence-corrected chi connectivity index (χ4v) is 2.10. The summed E-state index contributed by atoms with van der Waals surface area (Å²) in [5, 5.41) is 3.16. The minimum Gasteiger partial charge on any atom is -0.304 e. The maximum absolute atomic E-state index is 11.6. The van der Waals surface area contributed by atoms with Gasteiger partial charge in [0.2, 0.25) is 0 Å². The van der Waals surface area contributed by atoms with Crippen molar-refractivity contribution in [2.75, 3.05) is 0 Å². The van der Waals surface area contributed by atoms with Crippen molar-refractivity contribution in [3.05, 3.63) is 35.9 Å². The Bertz CT molecular complexity index is 337. The molecule has 0 fully saturated rings. The molecule has 1 aromatic carbocycles. The van der Waals surface area contributed by atoms with Gasteiger partial charge in [-0.25, -0.2) is 0 Å². The minimum absolute atomic E-state index is 0.0962. The fourth-order valence-electron chi connectivity index (χ4n) is 1.63. The van der Waals surface area contributed by atoms with Gasteiger partial charge in [0.15, 0.2) is 0 Å². The average molecular weight is 237 g/mol. The summed E-state index contributed by atoms with van der Waals surface area (Å²) in [5.41, 5.74) is 1.07. The summed E-state index contributed by atoms with van der Waals surface area (Å²) in [6.45, 7) is 5.66. The number of hydrogen-bond acceptors (Lipinski definition) is 3. The third-order valence-electron chi connectivity index (χ3n) is 2.41. The molecule has 1 aromatic rings. The summed E-state index contributed by atoms with van der Waals surface area (Å²) in [5.74, 6) is 0.123. The molecule has 0 amide bonds. The number of carbonyl (C=O) groups excluding carboxylic acids is 1. The van der Waals surface area contributed by atoms with E-state index in [1.165, 1.54) is 0 Å². The van der Waals surface area contributed by atoms with E-state index >= 15 is 0 Å². The quantitative estimate of drug-likeness (QED) is 0.771. The molecule has 2 nitrogen and oxygen atoms in total. The summed E-state index contributed by atoms with van der Waals surface area (Å²) >= 11 is 4.55. The lowest BCUT2D eigenvalue weighted by Crippen LogP contribution is -2.42. The lowest BCUT2D eigenvalue weighted by molar-refractivity contribution is -0.119. The van der Waals surface area contributed by atoms with E-state index in [2.05, 4.69) is 17.9 Å². The number of rotatable bonds is 5. The number of carbonyl (C=O) groups is 1. The number of thiol groups is 1. The number of ketones is 1. The molecule has 0 radical (unpaired) electrons. The zero-order valence-electron chi connectivity index (χ0n) is 9.97. The van der Waals surface area contributed by atoms with E-state index in [1.54, 1.807) is 6.92 Å². The third-order valence-corrected chi connectivity index (χ3v) is 3.00. The molecular weight excluding hydrogens is 218 g/mol. The van der Waals surface area contributed by atoms with E-state index in [0.29, 0.717) is 0 Å². The Morgan fingerprint density at radius 3 is 2.25 bits per heavy atom. The summed E-state index contributed by atoms with van der Waals surface area (Å²) in [6, 6.07) is 9.92. The van der Waals surface area contributed by atoms with Crippen LogP contribution < -0.4 is 5.32 Å². The predicted octanol–water partition coefficient (Wildman–Crippen LogP) is 2.61. The number of Topliss-reactive ketones (excluding diaryl/α,β-unsaturated/α-hetero) is 1. The molecule has 1 N–H and O–H groups in total. The van der Waals surface area contributed by atoms with Gasteiger partial charge in [-0.2, -0.15) is 12.6 Å². The highest BCUT2D eigenvalue weighted by molar-refractivity contribution is 7.80. The average Bonchev–Trinajstić information content (AvgIpc) is 2.25. The first-order valence-corrected chi connectivity index (χ1v) is 6.03. The first kappa shape index (κ1) is 13.3. The van der Waals surface area contributed by atoms with Crippen LogP contribution in [0.15, 0.2) is 30.3 Å². The maximum atomic E-state index is 11.6. The van der Waals surface area contributed by atoms with Crippen molar-refractivity contribution in [1.82, 2.24) is 5.32 Å². The van der Waals surface area contributed by atoms with Gasteiger partial charge in [0.1, 0.15) is 5.78 Å². The summed E-state index contributed by atoms with van der Waals surface area (Å²) in [7, 11) is 0. The molecule has 0 aromatic heterocycles. The SMILES string of the molecule is CC(=O)C(NC(C)C)C(S)c1ccccc1. The van der Waals surface area contributed by atoms with Gasteiger partial charge in [0.05, 0.1) is 6.04 Å². The molecule has 1 rings (SSSR count). The van der Waals surface area contributed by atoms with Gasteiger partial charge < -0.3 is 5.32 Å². The van der Waals surface area contributed by atoms with E-state index in [9.17, 15) is 4.79 Å². The molecular formula is C13H19NOS. The van der Waals surface area contributed by atoms with Crippen LogP contribution >= 0.6 is 12.6 Å². The maximum Gasteiger partial charge on any atom is 0.148 e. The molecule has 0 aliphatic heterocycles. The van der Waals surface area contributed by atoms with Crippen LogP contribution in [-0.4, -0.2) is 17.9 Å². The molecule has 2 unspecified atom stereocenters. The highest BCUT2D eigenvalue weighted by Gasteiger charge is 2.24. The largest absolute Gasteiger partial charge is 0.304 e. The molecule has 3 heteroatoms. The van der Waals surface area contributed by atoms with Crippen molar-refractivity contribution in [3.8, 4) is 0 Å². The van der Waals surface area contributed by atoms with E-state index in [0.717, 1.165) is 5.56 Å². The van der Waals surface area contributed by atoms with Crippen molar-refractivity contribution in [2.24, 2.45) is 0 Å². The van der Waals surface area contributed by atoms with Gasteiger partial charge in [0.25, 0.3) is 0 Å². The molecule has 0 aliphatic rings. The third kappa shape index (κ3) is 3.65. The fraction of sp³-hybridized carbons (Fsp3) is 0.462. The topological polar surface area (TPSA) is 29.1 Å². The Hall–Kier alpha value is -0.800. The Morgan fingerprint density at radius 2 is 1.81 bits per heavy atom. The van der Waals surface area contributed by atoms with Crippen LogP contribution in [0.2, 0.25) is 0 Å². The summed E-state index contributed by atoms with van der Waals surface area (Å²) in [6.07, 6.45) is 0. The van der Waals surface area contributed by atoms with Crippen molar-refractivity contribution >= 4 is 18.4 Å². The predicted molar refractivity (Wildman–Crippen MR) is 70.9 cm³/mol. The number of benzene rings is 1. The summed E-state index contributed by atoms with van der Waals surface area (Å²) < 4.78 is 0. The molecule has 0 bridgehead atoms. The lowest BCUT2D eigenvalue weighted by atomic mass is 10.0. The van der Waals surface area contributed by atoms with Gasteiger partial charge in [-0.15, -0.1) is 0 Å². The van der Waals surface area contributed by atoms with Crippen molar-refractivity contribution in [2.45, 2.75) is 38.1 Å². The Balaban J connectivity index is 2.83. The molecule has 2 atom stereocenters. The van der Waals surface area contributed by atoms with E-state index in [-0.39, 0.29) is 23.1 Å². The van der Waals surface area contributed by atoms with Crippen molar-refractivity contribution < 1.29 is 4.79 Å². The van der Waals surface area contributed by atoms with Crippen LogP contribution in [-0.2, 0) is 4.79 Å².